The summed E-state index contributed by atoms with van der Waals surface area (Å²) in [7, 11) is 0. The molecule has 1 saturated heterocycles. The van der Waals surface area contributed by atoms with Crippen LogP contribution in [0.1, 0.15) is 50.7 Å². The SMILES string of the molecule is CCOC(=O)c1c(C)nc(SC)nc1N1CCN(C(=O)OC(C)(C)C)C[C@H]1C. The molecule has 0 unspecified atom stereocenters. The highest BCUT2D eigenvalue weighted by molar-refractivity contribution is 7.98. The van der Waals surface area contributed by atoms with Crippen LogP contribution in [0.5, 0.6) is 0 Å². The number of amides is 1. The van der Waals surface area contributed by atoms with Crippen LogP contribution in [-0.2, 0) is 9.47 Å². The Morgan fingerprint density at radius 2 is 1.93 bits per heavy atom. The summed E-state index contributed by atoms with van der Waals surface area (Å²) in [5, 5.41) is 0.599. The number of rotatable bonds is 4. The molecule has 0 spiro atoms. The lowest BCUT2D eigenvalue weighted by molar-refractivity contribution is 0.0217. The highest BCUT2D eigenvalue weighted by atomic mass is 32.2. The Labute approximate surface area is 171 Å². The van der Waals surface area contributed by atoms with Gasteiger partial charge in [-0.05, 0) is 47.8 Å². The summed E-state index contributed by atoms with van der Waals surface area (Å²) in [6.45, 7) is 12.9. The zero-order valence-electron chi connectivity index (χ0n) is 17.7. The van der Waals surface area contributed by atoms with Crippen molar-refractivity contribution in [3.05, 3.63) is 11.3 Å². The van der Waals surface area contributed by atoms with Crippen molar-refractivity contribution in [1.82, 2.24) is 14.9 Å². The number of piperazine rings is 1. The van der Waals surface area contributed by atoms with Crippen LogP contribution in [0.2, 0.25) is 0 Å². The summed E-state index contributed by atoms with van der Waals surface area (Å²) in [6, 6.07) is -0.0431. The lowest BCUT2D eigenvalue weighted by Gasteiger charge is -2.41. The highest BCUT2D eigenvalue weighted by Crippen LogP contribution is 2.28. The fourth-order valence-corrected chi connectivity index (χ4v) is 3.44. The molecule has 1 aliphatic heterocycles. The van der Waals surface area contributed by atoms with Crippen LogP contribution in [0.15, 0.2) is 5.16 Å². The van der Waals surface area contributed by atoms with Gasteiger partial charge in [0, 0.05) is 25.7 Å². The first-order valence-corrected chi connectivity index (χ1v) is 10.6. The van der Waals surface area contributed by atoms with E-state index in [-0.39, 0.29) is 18.7 Å². The maximum absolute atomic E-state index is 12.5. The first-order chi connectivity index (χ1) is 13.1. The first-order valence-electron chi connectivity index (χ1n) is 9.41. The van der Waals surface area contributed by atoms with Crippen molar-refractivity contribution in [3.8, 4) is 0 Å². The molecule has 28 heavy (non-hydrogen) atoms. The van der Waals surface area contributed by atoms with Crippen molar-refractivity contribution in [1.29, 1.82) is 0 Å². The topological polar surface area (TPSA) is 84.9 Å². The number of nitrogens with zero attached hydrogens (tertiary/aromatic N) is 4. The quantitative estimate of drug-likeness (QED) is 0.425. The summed E-state index contributed by atoms with van der Waals surface area (Å²) in [4.78, 5) is 37.7. The zero-order valence-corrected chi connectivity index (χ0v) is 18.6. The van der Waals surface area contributed by atoms with Gasteiger partial charge in [0.05, 0.1) is 12.3 Å². The Hall–Kier alpha value is -2.03. The van der Waals surface area contributed by atoms with E-state index in [0.29, 0.717) is 41.9 Å². The maximum Gasteiger partial charge on any atom is 0.410 e. The molecule has 1 atom stereocenters. The molecular formula is C19H30N4O4S. The molecule has 1 amide bonds. The molecule has 1 fully saturated rings. The fraction of sp³-hybridized carbons (Fsp3) is 0.684. The molecule has 1 aromatic rings. The smallest absolute Gasteiger partial charge is 0.410 e. The Morgan fingerprint density at radius 3 is 2.46 bits per heavy atom. The van der Waals surface area contributed by atoms with Crippen molar-refractivity contribution >= 4 is 29.6 Å². The van der Waals surface area contributed by atoms with E-state index in [1.54, 1.807) is 18.7 Å². The number of aryl methyl sites for hydroxylation is 1. The average Bonchev–Trinajstić information content (AvgIpc) is 2.59. The number of carbonyl (C=O) groups excluding carboxylic acids is 2. The van der Waals surface area contributed by atoms with E-state index in [1.807, 2.05) is 38.9 Å². The van der Waals surface area contributed by atoms with Gasteiger partial charge < -0.3 is 19.3 Å². The molecule has 1 aromatic heterocycles. The Balaban J connectivity index is 2.29. The van der Waals surface area contributed by atoms with Gasteiger partial charge in [-0.1, -0.05) is 11.8 Å². The van der Waals surface area contributed by atoms with Gasteiger partial charge in [-0.15, -0.1) is 0 Å². The third kappa shape index (κ3) is 5.27. The van der Waals surface area contributed by atoms with E-state index in [4.69, 9.17) is 9.47 Å². The van der Waals surface area contributed by atoms with E-state index >= 15 is 0 Å². The third-order valence-corrected chi connectivity index (χ3v) is 4.81. The Bertz CT molecular complexity index is 735. The Kier molecular flexibility index (Phi) is 7.14. The summed E-state index contributed by atoms with van der Waals surface area (Å²) in [6.07, 6.45) is 1.57. The van der Waals surface area contributed by atoms with Gasteiger partial charge in [0.25, 0.3) is 0 Å². The second kappa shape index (κ2) is 8.98. The van der Waals surface area contributed by atoms with Gasteiger partial charge >= 0.3 is 12.1 Å². The predicted octanol–water partition coefficient (Wildman–Crippen LogP) is 3.13. The molecule has 0 radical (unpaired) electrons. The van der Waals surface area contributed by atoms with Crippen molar-refractivity contribution in [3.63, 3.8) is 0 Å². The first kappa shape index (κ1) is 22.3. The number of carbonyl (C=O) groups is 2. The summed E-state index contributed by atoms with van der Waals surface area (Å²) >= 11 is 1.42. The number of anilines is 1. The van der Waals surface area contributed by atoms with Gasteiger partial charge in [0.2, 0.25) is 0 Å². The van der Waals surface area contributed by atoms with Crippen LogP contribution >= 0.6 is 11.8 Å². The lowest BCUT2D eigenvalue weighted by atomic mass is 10.1. The molecule has 1 aliphatic rings. The van der Waals surface area contributed by atoms with Crippen molar-refractivity contribution in [2.75, 3.05) is 37.4 Å². The molecule has 0 saturated carbocycles. The second-order valence-corrected chi connectivity index (χ2v) is 8.46. The number of esters is 1. The molecule has 8 nitrogen and oxygen atoms in total. The van der Waals surface area contributed by atoms with Crippen molar-refractivity contribution in [2.24, 2.45) is 0 Å². The number of aromatic nitrogens is 2. The van der Waals surface area contributed by atoms with Gasteiger partial charge in [-0.2, -0.15) is 0 Å². The monoisotopic (exact) mass is 410 g/mol. The molecule has 2 rings (SSSR count). The minimum Gasteiger partial charge on any atom is -0.462 e. The Morgan fingerprint density at radius 1 is 1.25 bits per heavy atom. The van der Waals surface area contributed by atoms with Crippen LogP contribution in [-0.4, -0.2) is 71.1 Å². The van der Waals surface area contributed by atoms with Gasteiger partial charge in [0.1, 0.15) is 17.0 Å². The van der Waals surface area contributed by atoms with Gasteiger partial charge in [0.15, 0.2) is 5.16 Å². The van der Waals surface area contributed by atoms with Crippen LogP contribution in [0.25, 0.3) is 0 Å². The number of ether oxygens (including phenoxy) is 2. The van der Waals surface area contributed by atoms with E-state index in [0.717, 1.165) is 0 Å². The van der Waals surface area contributed by atoms with E-state index in [1.165, 1.54) is 11.8 Å². The lowest BCUT2D eigenvalue weighted by Crippen LogP contribution is -2.55. The minimum atomic E-state index is -0.536. The standard InChI is InChI=1S/C19H30N4O4S/c1-8-26-16(24)14-13(3)20-17(28-7)21-15(14)23-10-9-22(11-12(23)2)18(25)27-19(4,5)6/h12H,8-11H2,1-7H3/t12-/m1/s1. The molecule has 0 aliphatic carbocycles. The van der Waals surface area contributed by atoms with Crippen LogP contribution < -0.4 is 4.90 Å². The summed E-state index contributed by atoms with van der Waals surface area (Å²) in [5.41, 5.74) is 0.442. The molecule has 156 valence electrons. The largest absolute Gasteiger partial charge is 0.462 e. The van der Waals surface area contributed by atoms with Crippen LogP contribution in [0, 0.1) is 6.92 Å². The summed E-state index contributed by atoms with van der Waals surface area (Å²) < 4.78 is 10.7. The predicted molar refractivity (Wildman–Crippen MR) is 109 cm³/mol. The average molecular weight is 411 g/mol. The van der Waals surface area contributed by atoms with Crippen LogP contribution in [0.3, 0.4) is 0 Å². The molecule has 0 N–H and O–H groups in total. The second-order valence-electron chi connectivity index (χ2n) is 7.68. The van der Waals surface area contributed by atoms with Crippen molar-refractivity contribution < 1.29 is 19.1 Å². The highest BCUT2D eigenvalue weighted by Gasteiger charge is 2.33. The van der Waals surface area contributed by atoms with Gasteiger partial charge in [-0.3, -0.25) is 0 Å². The normalized spacial score (nSPS) is 17.5. The van der Waals surface area contributed by atoms with E-state index in [9.17, 15) is 9.59 Å². The number of thioether (sulfide) groups is 1. The minimum absolute atomic E-state index is 0.0431. The fourth-order valence-electron chi connectivity index (χ4n) is 3.04. The maximum atomic E-state index is 12.5. The number of hydrogen-bond acceptors (Lipinski definition) is 8. The molecule has 0 bridgehead atoms. The molecule has 2 heterocycles. The van der Waals surface area contributed by atoms with Crippen LogP contribution in [0.4, 0.5) is 10.6 Å². The van der Waals surface area contributed by atoms with Crippen molar-refractivity contribution in [2.45, 2.75) is 58.3 Å². The zero-order chi connectivity index (χ0) is 21.1. The van der Waals surface area contributed by atoms with E-state index < -0.39 is 11.6 Å². The van der Waals surface area contributed by atoms with Gasteiger partial charge in [-0.25, -0.2) is 19.6 Å². The third-order valence-electron chi connectivity index (χ3n) is 4.26. The molecular weight excluding hydrogens is 380 g/mol. The molecule has 9 heteroatoms. The summed E-state index contributed by atoms with van der Waals surface area (Å²) in [5.74, 6) is 0.135. The van der Waals surface area contributed by atoms with E-state index in [2.05, 4.69) is 9.97 Å². The number of hydrogen-bond donors (Lipinski definition) is 0. The molecule has 0 aromatic carbocycles.